The summed E-state index contributed by atoms with van der Waals surface area (Å²) in [4.78, 5) is 24.6. The zero-order valence-electron chi connectivity index (χ0n) is 7.75. The first kappa shape index (κ1) is 10.3. The first-order valence-corrected chi connectivity index (χ1v) is 4.25. The van der Waals surface area contributed by atoms with Crippen molar-refractivity contribution >= 4 is 16.9 Å². The van der Waals surface area contributed by atoms with Gasteiger partial charge in [0.15, 0.2) is 11.6 Å². The second-order valence-corrected chi connectivity index (χ2v) is 3.12. The fourth-order valence-corrected chi connectivity index (χ4v) is 1.40. The molecule has 0 atom stereocenters. The number of aromatic nitrogens is 1. The highest BCUT2D eigenvalue weighted by Crippen LogP contribution is 2.15. The number of carboxylic acids is 1. The molecule has 0 fully saturated rings. The Bertz CT molecular complexity index is 648. The van der Waals surface area contributed by atoms with Crippen molar-refractivity contribution in [3.63, 3.8) is 0 Å². The maximum absolute atomic E-state index is 13.3. The molecule has 0 saturated carbocycles. The number of aromatic amines is 1. The standard InChI is InChI=1S/C10H5F2NO3/c11-5-1-2-6-7(8(5)12)9(14)4(3-13-6)10(15)16/h1-3H,(H,13,14)(H,15,16). The predicted octanol–water partition coefficient (Wildman–Crippen LogP) is 1.50. The van der Waals surface area contributed by atoms with Gasteiger partial charge in [0.25, 0.3) is 0 Å². The van der Waals surface area contributed by atoms with Gasteiger partial charge in [-0.2, -0.15) is 0 Å². The lowest BCUT2D eigenvalue weighted by Crippen LogP contribution is -2.16. The van der Waals surface area contributed by atoms with E-state index in [9.17, 15) is 18.4 Å². The topological polar surface area (TPSA) is 70.2 Å². The smallest absolute Gasteiger partial charge is 0.341 e. The van der Waals surface area contributed by atoms with Gasteiger partial charge in [-0.25, -0.2) is 13.6 Å². The van der Waals surface area contributed by atoms with Gasteiger partial charge in [-0.1, -0.05) is 0 Å². The Morgan fingerprint density at radius 1 is 1.31 bits per heavy atom. The zero-order valence-corrected chi connectivity index (χ0v) is 7.75. The minimum absolute atomic E-state index is 0.0499. The van der Waals surface area contributed by atoms with Crippen molar-refractivity contribution in [1.29, 1.82) is 0 Å². The minimum Gasteiger partial charge on any atom is -0.477 e. The van der Waals surface area contributed by atoms with E-state index in [1.807, 2.05) is 0 Å². The summed E-state index contributed by atoms with van der Waals surface area (Å²) in [5, 5.41) is 8.07. The number of carboxylic acid groups (broad SMARTS) is 1. The number of fused-ring (bicyclic) bond motifs is 1. The van der Waals surface area contributed by atoms with Crippen molar-refractivity contribution in [2.45, 2.75) is 0 Å². The van der Waals surface area contributed by atoms with E-state index >= 15 is 0 Å². The molecule has 0 amide bonds. The Labute approximate surface area is 87.1 Å². The summed E-state index contributed by atoms with van der Waals surface area (Å²) in [6, 6.07) is 2.02. The maximum atomic E-state index is 13.3. The summed E-state index contributed by atoms with van der Waals surface area (Å²) >= 11 is 0. The molecule has 1 aromatic heterocycles. The van der Waals surface area contributed by atoms with E-state index in [4.69, 9.17) is 5.11 Å². The number of benzene rings is 1. The van der Waals surface area contributed by atoms with Crippen LogP contribution in [0.2, 0.25) is 0 Å². The second-order valence-electron chi connectivity index (χ2n) is 3.12. The van der Waals surface area contributed by atoms with Gasteiger partial charge in [0.2, 0.25) is 5.43 Å². The van der Waals surface area contributed by atoms with Crippen molar-refractivity contribution in [2.75, 3.05) is 0 Å². The van der Waals surface area contributed by atoms with Crippen LogP contribution in [0.1, 0.15) is 10.4 Å². The lowest BCUT2D eigenvalue weighted by atomic mass is 10.1. The lowest BCUT2D eigenvalue weighted by molar-refractivity contribution is 0.0695. The summed E-state index contributed by atoms with van der Waals surface area (Å²) in [5.41, 5.74) is -1.62. The van der Waals surface area contributed by atoms with E-state index in [2.05, 4.69) is 4.98 Å². The highest BCUT2D eigenvalue weighted by molar-refractivity contribution is 5.92. The third kappa shape index (κ3) is 1.35. The molecule has 2 rings (SSSR count). The number of aromatic carboxylic acids is 1. The fraction of sp³-hybridized carbons (Fsp3) is 0. The van der Waals surface area contributed by atoms with Gasteiger partial charge in [0, 0.05) is 6.20 Å². The lowest BCUT2D eigenvalue weighted by Gasteiger charge is -2.01. The summed E-state index contributed by atoms with van der Waals surface area (Å²) < 4.78 is 26.2. The monoisotopic (exact) mass is 225 g/mol. The number of hydrogen-bond donors (Lipinski definition) is 2. The number of pyridine rings is 1. The van der Waals surface area contributed by atoms with E-state index in [0.29, 0.717) is 0 Å². The van der Waals surface area contributed by atoms with Crippen LogP contribution in [-0.4, -0.2) is 16.1 Å². The van der Waals surface area contributed by atoms with Crippen LogP contribution in [0.15, 0.2) is 23.1 Å². The Balaban J connectivity index is 2.98. The summed E-state index contributed by atoms with van der Waals surface area (Å²) in [6.07, 6.45) is 0.949. The van der Waals surface area contributed by atoms with E-state index in [1.54, 1.807) is 0 Å². The number of nitrogens with one attached hydrogen (secondary N) is 1. The van der Waals surface area contributed by atoms with Crippen molar-refractivity contribution in [1.82, 2.24) is 4.98 Å². The number of halogens is 2. The van der Waals surface area contributed by atoms with Crippen molar-refractivity contribution in [3.05, 3.63) is 45.8 Å². The SMILES string of the molecule is O=C(O)c1c[nH]c2ccc(F)c(F)c2c1=O. The van der Waals surface area contributed by atoms with Crippen molar-refractivity contribution in [2.24, 2.45) is 0 Å². The van der Waals surface area contributed by atoms with Crippen LogP contribution in [0.4, 0.5) is 8.78 Å². The molecule has 0 aliphatic carbocycles. The van der Waals surface area contributed by atoms with Gasteiger partial charge in [0.05, 0.1) is 10.9 Å². The largest absolute Gasteiger partial charge is 0.477 e. The second kappa shape index (κ2) is 3.41. The Kier molecular flexibility index (Phi) is 2.19. The molecule has 4 nitrogen and oxygen atoms in total. The molecule has 2 N–H and O–H groups in total. The molecule has 82 valence electrons. The van der Waals surface area contributed by atoms with Crippen LogP contribution in [0.5, 0.6) is 0 Å². The van der Waals surface area contributed by atoms with E-state index in [1.165, 1.54) is 6.07 Å². The van der Waals surface area contributed by atoms with Crippen LogP contribution in [0.3, 0.4) is 0 Å². The normalized spacial score (nSPS) is 10.6. The van der Waals surface area contributed by atoms with Crippen LogP contribution >= 0.6 is 0 Å². The molecule has 1 heterocycles. The van der Waals surface area contributed by atoms with Gasteiger partial charge in [-0.3, -0.25) is 4.79 Å². The quantitative estimate of drug-likeness (QED) is 0.772. The molecule has 16 heavy (non-hydrogen) atoms. The predicted molar refractivity (Wildman–Crippen MR) is 51.4 cm³/mol. The summed E-state index contributed by atoms with van der Waals surface area (Å²) in [6.45, 7) is 0. The molecular formula is C10H5F2NO3. The van der Waals surface area contributed by atoms with E-state index < -0.39 is 34.0 Å². The molecule has 0 radical (unpaired) electrons. The molecule has 1 aromatic carbocycles. The number of carbonyl (C=O) groups is 1. The van der Waals surface area contributed by atoms with Gasteiger partial charge in [-0.05, 0) is 12.1 Å². The number of H-pyrrole nitrogens is 1. The molecule has 0 spiro atoms. The third-order valence-corrected chi connectivity index (χ3v) is 2.17. The first-order valence-electron chi connectivity index (χ1n) is 4.25. The summed E-state index contributed by atoms with van der Waals surface area (Å²) in [7, 11) is 0. The van der Waals surface area contributed by atoms with Gasteiger partial charge in [-0.15, -0.1) is 0 Å². The number of rotatable bonds is 1. The maximum Gasteiger partial charge on any atom is 0.341 e. The van der Waals surface area contributed by atoms with Crippen LogP contribution < -0.4 is 5.43 Å². The highest BCUT2D eigenvalue weighted by Gasteiger charge is 2.16. The average molecular weight is 225 g/mol. The molecule has 0 saturated heterocycles. The third-order valence-electron chi connectivity index (χ3n) is 2.17. The molecule has 2 aromatic rings. The Hall–Kier alpha value is -2.24. The molecule has 0 aliphatic heterocycles. The van der Waals surface area contributed by atoms with Gasteiger partial charge in [0.1, 0.15) is 5.56 Å². The molecule has 6 heteroatoms. The van der Waals surface area contributed by atoms with Crippen LogP contribution in [0, 0.1) is 11.6 Å². The highest BCUT2D eigenvalue weighted by atomic mass is 19.2. The average Bonchev–Trinajstić information content (AvgIpc) is 2.23. The van der Waals surface area contributed by atoms with Crippen LogP contribution in [-0.2, 0) is 0 Å². The Morgan fingerprint density at radius 3 is 2.62 bits per heavy atom. The molecule has 0 aliphatic rings. The van der Waals surface area contributed by atoms with E-state index in [-0.39, 0.29) is 5.52 Å². The first-order chi connectivity index (χ1) is 7.52. The molecular weight excluding hydrogens is 220 g/mol. The Morgan fingerprint density at radius 2 is 2.00 bits per heavy atom. The fourth-order valence-electron chi connectivity index (χ4n) is 1.40. The summed E-state index contributed by atoms with van der Waals surface area (Å²) in [5.74, 6) is -4.03. The van der Waals surface area contributed by atoms with Gasteiger partial charge >= 0.3 is 5.97 Å². The van der Waals surface area contributed by atoms with E-state index in [0.717, 1.165) is 12.3 Å². The zero-order chi connectivity index (χ0) is 11.9. The van der Waals surface area contributed by atoms with Crippen LogP contribution in [0.25, 0.3) is 10.9 Å². The minimum atomic E-state index is -1.49. The van der Waals surface area contributed by atoms with Crippen molar-refractivity contribution in [3.8, 4) is 0 Å². The van der Waals surface area contributed by atoms with Crippen molar-refractivity contribution < 1.29 is 18.7 Å². The molecule has 0 unspecified atom stereocenters. The molecule has 0 bridgehead atoms. The van der Waals surface area contributed by atoms with Gasteiger partial charge < -0.3 is 10.1 Å². The number of hydrogen-bond acceptors (Lipinski definition) is 2.